The summed E-state index contributed by atoms with van der Waals surface area (Å²) >= 11 is 0. The summed E-state index contributed by atoms with van der Waals surface area (Å²) in [6.45, 7) is 18.2. The number of carbonyl (C=O) groups is 2. The molecule has 35 heavy (non-hydrogen) atoms. The van der Waals surface area contributed by atoms with Crippen LogP contribution < -0.4 is 5.32 Å². The van der Waals surface area contributed by atoms with Gasteiger partial charge in [0.05, 0.1) is 11.7 Å². The monoisotopic (exact) mass is 492 g/mol. The van der Waals surface area contributed by atoms with Crippen molar-refractivity contribution in [3.05, 3.63) is 17.3 Å². The minimum Gasteiger partial charge on any atom is -0.446 e. The number of likely N-dealkylation sites (N-methyl/N-ethyl adjacent to an activating group) is 2. The molecule has 1 N–H and O–H groups in total. The Labute approximate surface area is 212 Å². The van der Waals surface area contributed by atoms with Crippen molar-refractivity contribution in [2.75, 3.05) is 79.5 Å². The van der Waals surface area contributed by atoms with E-state index in [1.165, 1.54) is 33.1 Å². The van der Waals surface area contributed by atoms with Crippen molar-refractivity contribution < 1.29 is 14.0 Å². The van der Waals surface area contributed by atoms with Crippen LogP contribution in [0.3, 0.4) is 0 Å². The Morgan fingerprint density at radius 3 is 1.97 bits per heavy atom. The zero-order chi connectivity index (χ0) is 25.8. The SMILES string of the molecule is CCC(NC(C)=O)C(=O)CCN1CCN(C)CC1.CCc1nc(C)oc1CCN1CCN(C)CC1. The van der Waals surface area contributed by atoms with Crippen molar-refractivity contribution in [1.82, 2.24) is 29.9 Å². The lowest BCUT2D eigenvalue weighted by atomic mass is 10.1. The Bertz CT molecular complexity index is 767. The van der Waals surface area contributed by atoms with E-state index >= 15 is 0 Å². The Balaban J connectivity index is 0.000000247. The fourth-order valence-electron chi connectivity index (χ4n) is 4.48. The van der Waals surface area contributed by atoms with Crippen LogP contribution in [0.4, 0.5) is 0 Å². The maximum atomic E-state index is 12.0. The molecule has 0 aromatic carbocycles. The van der Waals surface area contributed by atoms with Gasteiger partial charge < -0.3 is 29.3 Å². The molecule has 2 fully saturated rings. The van der Waals surface area contributed by atoms with Crippen LogP contribution in [0, 0.1) is 6.92 Å². The molecule has 9 heteroatoms. The van der Waals surface area contributed by atoms with Gasteiger partial charge in [-0.05, 0) is 26.9 Å². The van der Waals surface area contributed by atoms with E-state index in [0.29, 0.717) is 12.8 Å². The molecule has 1 aromatic heterocycles. The third-order valence-electron chi connectivity index (χ3n) is 6.92. The van der Waals surface area contributed by atoms with Crippen LogP contribution in [0.1, 0.15) is 51.0 Å². The third-order valence-corrected chi connectivity index (χ3v) is 6.92. The molecule has 9 nitrogen and oxygen atoms in total. The van der Waals surface area contributed by atoms with Crippen LogP contribution >= 0.6 is 0 Å². The molecule has 2 aliphatic heterocycles. The average Bonchev–Trinajstić information content (AvgIpc) is 3.21. The van der Waals surface area contributed by atoms with Gasteiger partial charge in [-0.2, -0.15) is 0 Å². The highest BCUT2D eigenvalue weighted by molar-refractivity contribution is 5.88. The van der Waals surface area contributed by atoms with E-state index in [4.69, 9.17) is 4.42 Å². The fraction of sp³-hybridized carbons (Fsp3) is 0.808. The van der Waals surface area contributed by atoms with Gasteiger partial charge in [-0.1, -0.05) is 13.8 Å². The number of ketones is 1. The van der Waals surface area contributed by atoms with Crippen LogP contribution in [-0.4, -0.2) is 122 Å². The lowest BCUT2D eigenvalue weighted by Crippen LogP contribution is -2.46. The molecule has 3 heterocycles. The van der Waals surface area contributed by atoms with Crippen molar-refractivity contribution in [3.8, 4) is 0 Å². The number of hydrogen-bond donors (Lipinski definition) is 1. The average molecular weight is 493 g/mol. The largest absolute Gasteiger partial charge is 0.446 e. The number of nitrogens with one attached hydrogen (secondary N) is 1. The van der Waals surface area contributed by atoms with Crippen LogP contribution in [0.25, 0.3) is 0 Å². The zero-order valence-electron chi connectivity index (χ0n) is 22.9. The molecule has 2 saturated heterocycles. The molecular formula is C26H48N6O3. The number of hydrogen-bond acceptors (Lipinski definition) is 8. The van der Waals surface area contributed by atoms with Gasteiger partial charge in [0.15, 0.2) is 11.7 Å². The first-order valence-corrected chi connectivity index (χ1v) is 13.3. The maximum Gasteiger partial charge on any atom is 0.217 e. The number of oxazole rings is 1. The van der Waals surface area contributed by atoms with Gasteiger partial charge in [-0.25, -0.2) is 4.98 Å². The Morgan fingerprint density at radius 2 is 1.49 bits per heavy atom. The van der Waals surface area contributed by atoms with Crippen molar-refractivity contribution in [1.29, 1.82) is 0 Å². The summed E-state index contributed by atoms with van der Waals surface area (Å²) in [6.07, 6.45) is 3.16. The summed E-state index contributed by atoms with van der Waals surface area (Å²) in [7, 11) is 4.30. The van der Waals surface area contributed by atoms with Gasteiger partial charge in [0.25, 0.3) is 0 Å². The molecule has 0 saturated carbocycles. The molecule has 1 aromatic rings. The number of carbonyl (C=O) groups excluding carboxylic acids is 2. The van der Waals surface area contributed by atoms with Gasteiger partial charge in [0.2, 0.25) is 5.91 Å². The number of Topliss-reactive ketones (excluding diaryl/α,β-unsaturated/α-hetero) is 1. The third kappa shape index (κ3) is 10.8. The van der Waals surface area contributed by atoms with E-state index in [9.17, 15) is 9.59 Å². The van der Waals surface area contributed by atoms with Crippen LogP contribution in [0.2, 0.25) is 0 Å². The molecule has 1 amide bonds. The van der Waals surface area contributed by atoms with E-state index in [0.717, 1.165) is 69.5 Å². The molecule has 0 spiro atoms. The topological polar surface area (TPSA) is 85.2 Å². The van der Waals surface area contributed by atoms with Crippen LogP contribution in [0.5, 0.6) is 0 Å². The molecule has 0 bridgehead atoms. The van der Waals surface area contributed by atoms with E-state index in [1.807, 2.05) is 13.8 Å². The predicted octanol–water partition coefficient (Wildman–Crippen LogP) is 1.44. The van der Waals surface area contributed by atoms with E-state index in [2.05, 4.69) is 50.9 Å². The minimum absolute atomic E-state index is 0.130. The Kier molecular flexibility index (Phi) is 12.9. The summed E-state index contributed by atoms with van der Waals surface area (Å²) in [4.78, 5) is 36.9. The molecule has 1 atom stereocenters. The highest BCUT2D eigenvalue weighted by Gasteiger charge is 2.20. The summed E-state index contributed by atoms with van der Waals surface area (Å²) in [5.41, 5.74) is 1.14. The summed E-state index contributed by atoms with van der Waals surface area (Å²) in [6, 6.07) is -0.310. The van der Waals surface area contributed by atoms with Gasteiger partial charge in [0.1, 0.15) is 5.76 Å². The number of aromatic nitrogens is 1. The van der Waals surface area contributed by atoms with Crippen molar-refractivity contribution >= 4 is 11.7 Å². The number of nitrogens with zero attached hydrogens (tertiary/aromatic N) is 5. The summed E-state index contributed by atoms with van der Waals surface area (Å²) < 4.78 is 5.67. The normalized spacial score (nSPS) is 19.1. The molecular weight excluding hydrogens is 444 g/mol. The lowest BCUT2D eigenvalue weighted by Gasteiger charge is -2.32. The number of rotatable bonds is 10. The zero-order valence-corrected chi connectivity index (χ0v) is 22.9. The van der Waals surface area contributed by atoms with Crippen LogP contribution in [-0.2, 0) is 22.4 Å². The summed E-state index contributed by atoms with van der Waals surface area (Å²) in [5, 5.41) is 2.71. The van der Waals surface area contributed by atoms with Crippen molar-refractivity contribution in [2.24, 2.45) is 0 Å². The van der Waals surface area contributed by atoms with E-state index in [-0.39, 0.29) is 17.7 Å². The highest BCUT2D eigenvalue weighted by Crippen LogP contribution is 2.13. The summed E-state index contributed by atoms with van der Waals surface area (Å²) in [5.74, 6) is 1.90. The first-order chi connectivity index (χ1) is 16.7. The van der Waals surface area contributed by atoms with Gasteiger partial charge >= 0.3 is 0 Å². The molecule has 200 valence electrons. The van der Waals surface area contributed by atoms with Gasteiger partial charge in [-0.15, -0.1) is 0 Å². The fourth-order valence-corrected chi connectivity index (χ4v) is 4.48. The standard InChI is InChI=1S/C13H25N3O2.C13H23N3O/c1-4-12(14-11(2)17)13(18)5-6-16-9-7-15(3)8-10-16;1-4-12-13(17-11(2)14-12)5-6-16-9-7-15(3)8-10-16/h12H,4-10H2,1-3H3,(H,14,17);4-10H2,1-3H3. The first-order valence-electron chi connectivity index (χ1n) is 13.3. The number of piperazine rings is 2. The quantitative estimate of drug-likeness (QED) is 0.525. The second kappa shape index (κ2) is 15.3. The van der Waals surface area contributed by atoms with E-state index < -0.39 is 0 Å². The second-order valence-corrected chi connectivity index (χ2v) is 9.87. The van der Waals surface area contributed by atoms with Gasteiger partial charge in [0, 0.05) is 92.1 Å². The molecule has 0 radical (unpaired) electrons. The molecule has 1 unspecified atom stereocenters. The van der Waals surface area contributed by atoms with Gasteiger partial charge in [-0.3, -0.25) is 9.59 Å². The highest BCUT2D eigenvalue weighted by atomic mass is 16.4. The Morgan fingerprint density at radius 1 is 0.943 bits per heavy atom. The minimum atomic E-state index is -0.310. The molecule has 0 aliphatic carbocycles. The first kappa shape index (κ1) is 29.4. The maximum absolute atomic E-state index is 12.0. The predicted molar refractivity (Wildman–Crippen MR) is 140 cm³/mol. The molecule has 3 rings (SSSR count). The van der Waals surface area contributed by atoms with Crippen LogP contribution in [0.15, 0.2) is 4.42 Å². The van der Waals surface area contributed by atoms with Crippen molar-refractivity contribution in [2.45, 2.75) is 59.4 Å². The Hall–Kier alpha value is -1.81. The van der Waals surface area contributed by atoms with Crippen molar-refractivity contribution in [3.63, 3.8) is 0 Å². The number of aryl methyl sites for hydroxylation is 2. The smallest absolute Gasteiger partial charge is 0.217 e. The number of amides is 1. The lowest BCUT2D eigenvalue weighted by molar-refractivity contribution is -0.127. The second-order valence-electron chi connectivity index (χ2n) is 9.87. The molecule has 2 aliphatic rings. The van der Waals surface area contributed by atoms with E-state index in [1.54, 1.807) is 0 Å².